The van der Waals surface area contributed by atoms with Gasteiger partial charge in [0.1, 0.15) is 36.3 Å². The van der Waals surface area contributed by atoms with Gasteiger partial charge in [-0.05, 0) is 64.1 Å². The highest BCUT2D eigenvalue weighted by atomic mass is 16.7. The zero-order valence-electron chi connectivity index (χ0n) is 25.1. The monoisotopic (exact) mass is 609 g/mol. The molecule has 1 saturated heterocycles. The molecular formula is C34H31N3O8. The first-order valence-corrected chi connectivity index (χ1v) is 14.1. The number of nitrogens with zero attached hydrogens (tertiary/aromatic N) is 2. The molecule has 2 N–H and O–H groups in total. The SMILES string of the molecule is Cc1ccc(C(=O)OCC2O[C@@H](c3noc(C#N)c3N)[C@](C)(OC(=O)c3ccc(C)cc3)[C@@H]2OC(=O)c2ccc(C)cc2)cc1. The third-order valence-electron chi connectivity index (χ3n) is 7.63. The molecule has 230 valence electrons. The molecule has 0 radical (unpaired) electrons. The maximum Gasteiger partial charge on any atom is 0.338 e. The van der Waals surface area contributed by atoms with E-state index in [1.165, 1.54) is 6.92 Å². The number of aromatic nitrogens is 1. The summed E-state index contributed by atoms with van der Waals surface area (Å²) in [6, 6.07) is 22.0. The van der Waals surface area contributed by atoms with Crippen LogP contribution >= 0.6 is 0 Å². The first-order chi connectivity index (χ1) is 21.5. The summed E-state index contributed by atoms with van der Waals surface area (Å²) in [7, 11) is 0. The number of carbonyl (C=O) groups is 3. The van der Waals surface area contributed by atoms with Crippen LogP contribution in [0.1, 0.15) is 72.2 Å². The molecular weight excluding hydrogens is 578 g/mol. The predicted octanol–water partition coefficient (Wildman–Crippen LogP) is 5.19. The van der Waals surface area contributed by atoms with E-state index in [1.807, 2.05) is 26.8 Å². The smallest absolute Gasteiger partial charge is 0.338 e. The Morgan fingerprint density at radius 2 is 1.33 bits per heavy atom. The minimum atomic E-state index is -1.79. The van der Waals surface area contributed by atoms with Crippen LogP contribution in [-0.2, 0) is 18.9 Å². The highest BCUT2D eigenvalue weighted by molar-refractivity contribution is 5.91. The Hall–Kier alpha value is -5.47. The van der Waals surface area contributed by atoms with E-state index >= 15 is 0 Å². The van der Waals surface area contributed by atoms with Gasteiger partial charge < -0.3 is 29.2 Å². The number of aryl methyl sites for hydroxylation is 3. The van der Waals surface area contributed by atoms with Crippen LogP contribution in [0.4, 0.5) is 5.69 Å². The minimum absolute atomic E-state index is 0.0468. The summed E-state index contributed by atoms with van der Waals surface area (Å²) in [5.74, 6) is -2.40. The van der Waals surface area contributed by atoms with Gasteiger partial charge >= 0.3 is 17.9 Å². The molecule has 4 aromatic rings. The van der Waals surface area contributed by atoms with Crippen molar-refractivity contribution < 1.29 is 37.9 Å². The lowest BCUT2D eigenvalue weighted by molar-refractivity contribution is -0.0899. The number of ether oxygens (including phenoxy) is 4. The van der Waals surface area contributed by atoms with Gasteiger partial charge in [-0.1, -0.05) is 58.2 Å². The fourth-order valence-electron chi connectivity index (χ4n) is 5.00. The normalized spacial score (nSPS) is 20.6. The van der Waals surface area contributed by atoms with E-state index in [-0.39, 0.29) is 28.3 Å². The number of anilines is 1. The van der Waals surface area contributed by atoms with Crippen molar-refractivity contribution >= 4 is 23.6 Å². The van der Waals surface area contributed by atoms with E-state index in [9.17, 15) is 19.6 Å². The van der Waals surface area contributed by atoms with Crippen LogP contribution in [0.5, 0.6) is 0 Å². The second-order valence-corrected chi connectivity index (χ2v) is 11.1. The number of nitrogens with two attached hydrogens (primary N) is 1. The molecule has 0 amide bonds. The predicted molar refractivity (Wildman–Crippen MR) is 160 cm³/mol. The second-order valence-electron chi connectivity index (χ2n) is 11.1. The van der Waals surface area contributed by atoms with Crippen molar-refractivity contribution in [3.05, 3.63) is 118 Å². The quantitative estimate of drug-likeness (QED) is 0.206. The van der Waals surface area contributed by atoms with Gasteiger partial charge in [0.15, 0.2) is 11.7 Å². The van der Waals surface area contributed by atoms with Crippen molar-refractivity contribution in [2.24, 2.45) is 0 Å². The summed E-state index contributed by atoms with van der Waals surface area (Å²) in [4.78, 5) is 39.9. The number of hydrogen-bond acceptors (Lipinski definition) is 11. The molecule has 1 aliphatic rings. The van der Waals surface area contributed by atoms with Crippen molar-refractivity contribution in [1.82, 2.24) is 5.16 Å². The van der Waals surface area contributed by atoms with Crippen molar-refractivity contribution in [1.29, 1.82) is 5.26 Å². The Kier molecular flexibility index (Phi) is 8.70. The average Bonchev–Trinajstić information content (AvgIpc) is 3.52. The first kappa shape index (κ1) is 31.0. The number of hydrogen-bond donors (Lipinski definition) is 1. The topological polar surface area (TPSA) is 164 Å². The Balaban J connectivity index is 1.54. The van der Waals surface area contributed by atoms with Gasteiger partial charge in [0, 0.05) is 0 Å². The van der Waals surface area contributed by atoms with Crippen LogP contribution in [0.2, 0.25) is 0 Å². The highest BCUT2D eigenvalue weighted by Crippen LogP contribution is 2.48. The number of benzene rings is 3. The van der Waals surface area contributed by atoms with E-state index in [0.29, 0.717) is 5.56 Å². The van der Waals surface area contributed by atoms with Gasteiger partial charge in [0.05, 0.1) is 16.7 Å². The van der Waals surface area contributed by atoms with Gasteiger partial charge in [-0.2, -0.15) is 5.26 Å². The second kappa shape index (κ2) is 12.6. The largest absolute Gasteiger partial charge is 0.459 e. The van der Waals surface area contributed by atoms with Crippen molar-refractivity contribution in [3.63, 3.8) is 0 Å². The number of nitriles is 1. The van der Waals surface area contributed by atoms with Crippen LogP contribution < -0.4 is 5.73 Å². The van der Waals surface area contributed by atoms with Gasteiger partial charge in [-0.3, -0.25) is 0 Å². The lowest BCUT2D eigenvalue weighted by Gasteiger charge is -2.34. The molecule has 11 nitrogen and oxygen atoms in total. The fourth-order valence-corrected chi connectivity index (χ4v) is 5.00. The van der Waals surface area contributed by atoms with Crippen molar-refractivity contribution in [2.75, 3.05) is 12.3 Å². The zero-order chi connectivity index (χ0) is 32.3. The molecule has 0 aliphatic carbocycles. The first-order valence-electron chi connectivity index (χ1n) is 14.1. The van der Waals surface area contributed by atoms with E-state index in [4.69, 9.17) is 29.2 Å². The Morgan fingerprint density at radius 1 is 0.844 bits per heavy atom. The summed E-state index contributed by atoms with van der Waals surface area (Å²) in [6.07, 6.45) is -3.79. The molecule has 0 spiro atoms. The fraction of sp³-hybridized carbons (Fsp3) is 0.265. The van der Waals surface area contributed by atoms with Crippen molar-refractivity contribution in [3.8, 4) is 6.07 Å². The Morgan fingerprint density at radius 3 is 1.82 bits per heavy atom. The maximum absolute atomic E-state index is 13.5. The number of esters is 3. The van der Waals surface area contributed by atoms with Crippen LogP contribution in [0, 0.1) is 32.1 Å². The number of carbonyl (C=O) groups excluding carboxylic acids is 3. The molecule has 3 aromatic carbocycles. The van der Waals surface area contributed by atoms with Crippen LogP contribution in [0.3, 0.4) is 0 Å². The number of nitrogen functional groups attached to an aromatic ring is 1. The Bertz CT molecular complexity index is 1760. The summed E-state index contributed by atoms with van der Waals surface area (Å²) < 4.78 is 29.1. The van der Waals surface area contributed by atoms with Gasteiger partial charge in [-0.15, -0.1) is 0 Å². The molecule has 1 aromatic heterocycles. The third-order valence-corrected chi connectivity index (χ3v) is 7.63. The average molecular weight is 610 g/mol. The highest BCUT2D eigenvalue weighted by Gasteiger charge is 2.61. The molecule has 4 atom stereocenters. The van der Waals surface area contributed by atoms with E-state index in [0.717, 1.165) is 16.7 Å². The summed E-state index contributed by atoms with van der Waals surface area (Å²) >= 11 is 0. The van der Waals surface area contributed by atoms with Crippen LogP contribution in [0.15, 0.2) is 77.3 Å². The minimum Gasteiger partial charge on any atom is -0.459 e. The lowest BCUT2D eigenvalue weighted by Crippen LogP contribution is -2.49. The third kappa shape index (κ3) is 6.41. The molecule has 1 fully saturated rings. The van der Waals surface area contributed by atoms with Crippen LogP contribution in [0.25, 0.3) is 0 Å². The molecule has 0 bridgehead atoms. The summed E-state index contributed by atoms with van der Waals surface area (Å²) in [5, 5.41) is 13.4. The lowest BCUT2D eigenvalue weighted by atomic mass is 9.89. The van der Waals surface area contributed by atoms with Gasteiger partial charge in [0.25, 0.3) is 5.76 Å². The van der Waals surface area contributed by atoms with Crippen LogP contribution in [-0.4, -0.2) is 47.5 Å². The van der Waals surface area contributed by atoms with Crippen molar-refractivity contribution in [2.45, 2.75) is 51.6 Å². The molecule has 2 heterocycles. The summed E-state index contributed by atoms with van der Waals surface area (Å²) in [5.41, 5.74) is 7.80. The molecule has 5 rings (SSSR count). The van der Waals surface area contributed by atoms with E-state index in [1.54, 1.807) is 72.8 Å². The van der Waals surface area contributed by atoms with Gasteiger partial charge in [-0.25, -0.2) is 14.4 Å². The van der Waals surface area contributed by atoms with E-state index in [2.05, 4.69) is 5.16 Å². The number of rotatable bonds is 8. The molecule has 1 unspecified atom stereocenters. The zero-order valence-corrected chi connectivity index (χ0v) is 25.1. The molecule has 0 saturated carbocycles. The molecule has 11 heteroatoms. The molecule has 45 heavy (non-hydrogen) atoms. The Labute approximate surface area is 259 Å². The van der Waals surface area contributed by atoms with E-state index < -0.39 is 48.4 Å². The maximum atomic E-state index is 13.5. The standard InChI is InChI=1S/C34H31N3O8/c1-19-5-11-22(12-6-19)31(38)41-18-26-29(43-32(39)23-13-7-20(2)8-14-23)34(4,44-33(40)24-15-9-21(3)10-16-24)30(42-26)28-27(36)25(17-35)45-37-28/h5-16,26,29-30H,18,36H2,1-4H3/t26?,29-,30+,34-/m1/s1. The van der Waals surface area contributed by atoms with Gasteiger partial charge in [0.2, 0.25) is 0 Å². The molecule has 1 aliphatic heterocycles. The summed E-state index contributed by atoms with van der Waals surface area (Å²) in [6.45, 7) is 6.75.